The molecule has 2 unspecified atom stereocenters. The van der Waals surface area contributed by atoms with Crippen molar-refractivity contribution in [3.63, 3.8) is 0 Å². The van der Waals surface area contributed by atoms with Crippen molar-refractivity contribution < 1.29 is 18.9 Å². The predicted molar refractivity (Wildman–Crippen MR) is 141 cm³/mol. The molecular weight excluding hydrogens is 414 g/mol. The first kappa shape index (κ1) is 32.8. The number of hydrogen-bond acceptors (Lipinski definition) is 5. The Balaban J connectivity index is 5.64. The highest BCUT2D eigenvalue weighted by molar-refractivity contribution is 4.78. The molecule has 0 aliphatic heterocycles. The largest absolute Gasteiger partial charge is 0.373 e. The van der Waals surface area contributed by atoms with E-state index in [0.29, 0.717) is 13.2 Å². The molecule has 33 heavy (non-hydrogen) atoms. The van der Waals surface area contributed by atoms with Gasteiger partial charge in [-0.1, -0.05) is 20.8 Å². The molecule has 0 N–H and O–H groups in total. The van der Waals surface area contributed by atoms with Crippen LogP contribution in [-0.2, 0) is 18.9 Å². The molecule has 200 valence electrons. The Morgan fingerprint density at radius 2 is 0.848 bits per heavy atom. The second-order valence-electron chi connectivity index (χ2n) is 14.6. The van der Waals surface area contributed by atoms with Crippen molar-refractivity contribution in [3.05, 3.63) is 0 Å². The van der Waals surface area contributed by atoms with Crippen molar-refractivity contribution in [2.24, 2.45) is 5.41 Å². The molecule has 0 aromatic rings. The molecule has 0 rings (SSSR count). The van der Waals surface area contributed by atoms with Gasteiger partial charge in [0.05, 0.1) is 47.8 Å². The predicted octanol–water partition coefficient (Wildman–Crippen LogP) is 6.72. The smallest absolute Gasteiger partial charge is 0.0942 e. The molecule has 2 atom stereocenters. The molecule has 0 aromatic carbocycles. The Morgan fingerprint density at radius 3 is 1.09 bits per heavy atom. The summed E-state index contributed by atoms with van der Waals surface area (Å²) in [5.41, 5.74) is -0.623. The number of hydrogen-bond donors (Lipinski definition) is 0. The van der Waals surface area contributed by atoms with Crippen molar-refractivity contribution >= 4 is 0 Å². The fourth-order valence-electron chi connectivity index (χ4n) is 3.26. The van der Waals surface area contributed by atoms with Gasteiger partial charge in [0.25, 0.3) is 0 Å². The monoisotopic (exact) mass is 473 g/mol. The van der Waals surface area contributed by atoms with Crippen molar-refractivity contribution in [3.8, 4) is 0 Å². The maximum absolute atomic E-state index is 6.45. The number of nitrogens with zero attached hydrogens (tertiary/aromatic N) is 1. The summed E-state index contributed by atoms with van der Waals surface area (Å²) in [6.07, 6.45) is 1.04. The Bertz CT molecular complexity index is 487. The molecule has 0 spiro atoms. The van der Waals surface area contributed by atoms with Crippen LogP contribution in [0.15, 0.2) is 0 Å². The molecule has 0 heterocycles. The van der Waals surface area contributed by atoms with E-state index in [1.807, 2.05) is 0 Å². The maximum atomic E-state index is 6.45. The molecule has 0 aromatic heterocycles. The van der Waals surface area contributed by atoms with Crippen LogP contribution in [0.25, 0.3) is 0 Å². The summed E-state index contributed by atoms with van der Waals surface area (Å²) >= 11 is 0. The van der Waals surface area contributed by atoms with Gasteiger partial charge in [-0.3, -0.25) is 4.90 Å². The summed E-state index contributed by atoms with van der Waals surface area (Å²) in [6, 6.07) is 0. The normalized spacial score (nSPS) is 16.4. The lowest BCUT2D eigenvalue weighted by Crippen LogP contribution is -2.47. The van der Waals surface area contributed by atoms with Crippen molar-refractivity contribution in [2.75, 3.05) is 32.8 Å². The Kier molecular flexibility index (Phi) is 12.6. The molecule has 0 saturated heterocycles. The van der Waals surface area contributed by atoms with E-state index < -0.39 is 0 Å². The highest BCUT2D eigenvalue weighted by Gasteiger charge is 2.28. The zero-order valence-corrected chi connectivity index (χ0v) is 25.0. The average Bonchev–Trinajstić information content (AvgIpc) is 2.50. The molecule has 0 bridgehead atoms. The van der Waals surface area contributed by atoms with Crippen LogP contribution in [0.1, 0.15) is 110 Å². The number of rotatable bonds is 12. The van der Waals surface area contributed by atoms with Gasteiger partial charge in [-0.05, 0) is 101 Å². The molecule has 0 fully saturated rings. The van der Waals surface area contributed by atoms with Crippen LogP contribution in [0.3, 0.4) is 0 Å². The van der Waals surface area contributed by atoms with E-state index in [-0.39, 0.29) is 40.0 Å². The van der Waals surface area contributed by atoms with Crippen molar-refractivity contribution in [1.29, 1.82) is 0 Å². The third kappa shape index (κ3) is 22.0. The van der Waals surface area contributed by atoms with E-state index in [4.69, 9.17) is 18.9 Å². The van der Waals surface area contributed by atoms with E-state index in [2.05, 4.69) is 109 Å². The summed E-state index contributed by atoms with van der Waals surface area (Å²) < 4.78 is 25.2. The van der Waals surface area contributed by atoms with Gasteiger partial charge in [-0.2, -0.15) is 0 Å². The topological polar surface area (TPSA) is 40.2 Å². The molecule has 0 amide bonds. The molecular formula is C28H59NO4. The molecule has 5 nitrogen and oxygen atoms in total. The highest BCUT2D eigenvalue weighted by atomic mass is 16.6. The van der Waals surface area contributed by atoms with E-state index in [1.54, 1.807) is 0 Å². The Hall–Kier alpha value is -0.200. The molecule has 5 heteroatoms. The van der Waals surface area contributed by atoms with Crippen molar-refractivity contribution in [1.82, 2.24) is 4.90 Å². The molecule has 0 aliphatic carbocycles. The van der Waals surface area contributed by atoms with Crippen LogP contribution in [-0.4, -0.2) is 72.4 Å². The molecule has 0 saturated carbocycles. The zero-order valence-electron chi connectivity index (χ0n) is 25.0. The highest BCUT2D eigenvalue weighted by Crippen LogP contribution is 2.22. The standard InChI is InChI=1S/C28H59NO4/c1-24(2,3)16-17-29(18-22(32-27(10,11)12)20-30-25(4,5)6)19-23(33-28(13,14)15)21-31-26(7,8)9/h22-23H,16-21H2,1-15H3. The van der Waals surface area contributed by atoms with Gasteiger partial charge in [-0.25, -0.2) is 0 Å². The van der Waals surface area contributed by atoms with Crippen LogP contribution < -0.4 is 0 Å². The van der Waals surface area contributed by atoms with Crippen molar-refractivity contribution in [2.45, 2.75) is 145 Å². The number of ether oxygens (including phenoxy) is 4. The van der Waals surface area contributed by atoms with E-state index in [0.717, 1.165) is 26.1 Å². The lowest BCUT2D eigenvalue weighted by molar-refractivity contribution is -0.143. The first-order valence-corrected chi connectivity index (χ1v) is 12.8. The van der Waals surface area contributed by atoms with Crippen LogP contribution in [0.5, 0.6) is 0 Å². The Morgan fingerprint density at radius 1 is 0.515 bits per heavy atom. The summed E-state index contributed by atoms with van der Waals surface area (Å²) in [5, 5.41) is 0. The van der Waals surface area contributed by atoms with Gasteiger partial charge in [0.15, 0.2) is 0 Å². The second-order valence-corrected chi connectivity index (χ2v) is 14.6. The minimum atomic E-state index is -0.238. The van der Waals surface area contributed by atoms with Gasteiger partial charge in [0.2, 0.25) is 0 Å². The fourth-order valence-corrected chi connectivity index (χ4v) is 3.26. The van der Waals surface area contributed by atoms with E-state index in [1.165, 1.54) is 0 Å². The summed E-state index contributed by atoms with van der Waals surface area (Å²) in [6.45, 7) is 35.8. The second kappa shape index (κ2) is 12.7. The quantitative estimate of drug-likeness (QED) is 0.314. The Labute approximate surface area is 207 Å². The van der Waals surface area contributed by atoms with Crippen LogP contribution in [0.4, 0.5) is 0 Å². The van der Waals surface area contributed by atoms with Gasteiger partial charge in [0, 0.05) is 13.1 Å². The average molecular weight is 474 g/mol. The van der Waals surface area contributed by atoms with Crippen LogP contribution in [0.2, 0.25) is 0 Å². The zero-order chi connectivity index (χ0) is 26.3. The van der Waals surface area contributed by atoms with E-state index in [9.17, 15) is 0 Å². The lowest BCUT2D eigenvalue weighted by Gasteiger charge is -2.37. The van der Waals surface area contributed by atoms with Crippen LogP contribution >= 0.6 is 0 Å². The first-order chi connectivity index (χ1) is 14.4. The fraction of sp³-hybridized carbons (Fsp3) is 1.00. The van der Waals surface area contributed by atoms with Gasteiger partial charge in [0.1, 0.15) is 0 Å². The summed E-state index contributed by atoms with van der Waals surface area (Å²) in [4.78, 5) is 2.48. The first-order valence-electron chi connectivity index (χ1n) is 12.8. The van der Waals surface area contributed by atoms with E-state index >= 15 is 0 Å². The van der Waals surface area contributed by atoms with Gasteiger partial charge in [-0.15, -0.1) is 0 Å². The lowest BCUT2D eigenvalue weighted by atomic mass is 9.92. The summed E-state index contributed by atoms with van der Waals surface area (Å²) in [7, 11) is 0. The van der Waals surface area contributed by atoms with Gasteiger partial charge >= 0.3 is 0 Å². The van der Waals surface area contributed by atoms with Gasteiger partial charge < -0.3 is 18.9 Å². The minimum Gasteiger partial charge on any atom is -0.373 e. The third-order valence-corrected chi connectivity index (χ3v) is 4.55. The molecule has 0 radical (unpaired) electrons. The third-order valence-electron chi connectivity index (χ3n) is 4.55. The SMILES string of the molecule is CC(C)(C)CCN(CC(COC(C)(C)C)OC(C)(C)C)CC(COC(C)(C)C)OC(C)(C)C. The maximum Gasteiger partial charge on any atom is 0.0942 e. The molecule has 0 aliphatic rings. The summed E-state index contributed by atoms with van der Waals surface area (Å²) in [5.74, 6) is 0. The van der Waals surface area contributed by atoms with Crippen LogP contribution in [0, 0.1) is 5.41 Å². The minimum absolute atomic E-state index is 0.0250.